The summed E-state index contributed by atoms with van der Waals surface area (Å²) in [5.74, 6) is -2.38. The highest BCUT2D eigenvalue weighted by Crippen LogP contribution is 2.24. The van der Waals surface area contributed by atoms with Gasteiger partial charge in [-0.05, 0) is 29.8 Å². The number of halogens is 3. The monoisotopic (exact) mass is 505 g/mol. The smallest absolute Gasteiger partial charge is 0.323 e. The predicted octanol–water partition coefficient (Wildman–Crippen LogP) is 3.14. The average Bonchev–Trinajstić information content (AvgIpc) is 3.16. The van der Waals surface area contributed by atoms with Crippen molar-refractivity contribution < 1.29 is 13.6 Å². The van der Waals surface area contributed by atoms with Gasteiger partial charge < -0.3 is 9.88 Å². The van der Waals surface area contributed by atoms with Gasteiger partial charge in [-0.2, -0.15) is 0 Å². The molecule has 0 saturated carbocycles. The number of hydrogen-bond acceptors (Lipinski definition) is 5. The molecule has 8 nitrogen and oxygen atoms in total. The molecule has 1 N–H and O–H groups in total. The molecule has 176 valence electrons. The molecule has 1 amide bonds. The Morgan fingerprint density at radius 1 is 1.09 bits per heavy atom. The standard InChI is InChI=1S/C22H18ClF2N5O3S/c1-28-19-18(20(32)29(2)22(28)33)30(10-12-3-5-13(23)6-4-12)21(27-19)34-11-17(31)26-16-8-7-14(24)9-15(16)25/h3-9H,10-11H2,1-2H3,(H,26,31). The highest BCUT2D eigenvalue weighted by atomic mass is 35.5. The number of thioether (sulfide) groups is 1. The summed E-state index contributed by atoms with van der Waals surface area (Å²) in [6.45, 7) is 0.234. The Labute approximate surface area is 200 Å². The molecule has 0 atom stereocenters. The van der Waals surface area contributed by atoms with Crippen LogP contribution in [0.25, 0.3) is 11.2 Å². The number of carbonyl (C=O) groups is 1. The summed E-state index contributed by atoms with van der Waals surface area (Å²) in [5, 5.41) is 3.25. The van der Waals surface area contributed by atoms with Gasteiger partial charge in [0.25, 0.3) is 5.56 Å². The minimum Gasteiger partial charge on any atom is -0.323 e. The lowest BCUT2D eigenvalue weighted by molar-refractivity contribution is -0.113. The van der Waals surface area contributed by atoms with Gasteiger partial charge in [0.2, 0.25) is 5.91 Å². The molecule has 34 heavy (non-hydrogen) atoms. The van der Waals surface area contributed by atoms with Crippen molar-refractivity contribution in [2.75, 3.05) is 11.1 Å². The molecular weight excluding hydrogens is 488 g/mol. The molecule has 0 bridgehead atoms. The van der Waals surface area contributed by atoms with Crippen molar-refractivity contribution in [2.45, 2.75) is 11.7 Å². The Bertz CT molecular complexity index is 1530. The SMILES string of the molecule is Cn1c(=O)c2c(nc(SCC(=O)Nc3ccc(F)cc3F)n2Cc2ccc(Cl)cc2)n(C)c1=O. The van der Waals surface area contributed by atoms with E-state index in [-0.39, 0.29) is 29.1 Å². The number of hydrogen-bond donors (Lipinski definition) is 1. The Hall–Kier alpha value is -3.44. The molecule has 2 aromatic heterocycles. The van der Waals surface area contributed by atoms with E-state index in [0.29, 0.717) is 16.2 Å². The van der Waals surface area contributed by atoms with Crippen molar-refractivity contribution in [1.82, 2.24) is 18.7 Å². The third-order valence-electron chi connectivity index (χ3n) is 5.10. The molecule has 4 rings (SSSR count). The van der Waals surface area contributed by atoms with Crippen LogP contribution in [0.15, 0.2) is 57.2 Å². The second kappa shape index (κ2) is 9.43. The van der Waals surface area contributed by atoms with Crippen LogP contribution in [0, 0.1) is 11.6 Å². The second-order valence-electron chi connectivity index (χ2n) is 7.45. The summed E-state index contributed by atoms with van der Waals surface area (Å²) in [6, 6.07) is 9.83. The summed E-state index contributed by atoms with van der Waals surface area (Å²) in [6.07, 6.45) is 0. The lowest BCUT2D eigenvalue weighted by Crippen LogP contribution is -2.37. The molecule has 0 spiro atoms. The van der Waals surface area contributed by atoms with Gasteiger partial charge in [-0.3, -0.25) is 18.7 Å². The van der Waals surface area contributed by atoms with E-state index in [1.165, 1.54) is 18.7 Å². The number of fused-ring (bicyclic) bond motifs is 1. The fourth-order valence-electron chi connectivity index (χ4n) is 3.36. The number of nitrogens with one attached hydrogen (secondary N) is 1. The average molecular weight is 506 g/mol. The first kappa shape index (κ1) is 23.7. The molecule has 0 fully saturated rings. The summed E-state index contributed by atoms with van der Waals surface area (Å²) in [7, 11) is 2.88. The maximum absolute atomic E-state index is 13.9. The van der Waals surface area contributed by atoms with Crippen molar-refractivity contribution >= 4 is 46.1 Å². The number of imidazole rings is 1. The first-order chi connectivity index (χ1) is 16.2. The van der Waals surface area contributed by atoms with Gasteiger partial charge in [0.1, 0.15) is 11.6 Å². The van der Waals surface area contributed by atoms with Crippen LogP contribution < -0.4 is 16.6 Å². The molecule has 2 heterocycles. The van der Waals surface area contributed by atoms with Gasteiger partial charge in [0, 0.05) is 25.2 Å². The van der Waals surface area contributed by atoms with E-state index in [0.717, 1.165) is 34.0 Å². The van der Waals surface area contributed by atoms with Crippen LogP contribution in [0.3, 0.4) is 0 Å². The van der Waals surface area contributed by atoms with Gasteiger partial charge in [0.15, 0.2) is 16.3 Å². The lowest BCUT2D eigenvalue weighted by Gasteiger charge is -2.10. The number of benzene rings is 2. The molecule has 0 saturated heterocycles. The van der Waals surface area contributed by atoms with Crippen molar-refractivity contribution in [3.63, 3.8) is 0 Å². The zero-order chi connectivity index (χ0) is 24.6. The minimum absolute atomic E-state index is 0.155. The Morgan fingerprint density at radius 3 is 2.47 bits per heavy atom. The highest BCUT2D eigenvalue weighted by molar-refractivity contribution is 7.99. The van der Waals surface area contributed by atoms with Gasteiger partial charge in [-0.25, -0.2) is 18.6 Å². The van der Waals surface area contributed by atoms with Gasteiger partial charge >= 0.3 is 5.69 Å². The summed E-state index contributed by atoms with van der Waals surface area (Å²) < 4.78 is 30.8. The van der Waals surface area contributed by atoms with Gasteiger partial charge in [-0.15, -0.1) is 0 Å². The van der Waals surface area contributed by atoms with E-state index in [1.54, 1.807) is 28.8 Å². The number of amides is 1. The molecule has 2 aromatic carbocycles. The van der Waals surface area contributed by atoms with E-state index < -0.39 is 28.8 Å². The van der Waals surface area contributed by atoms with E-state index in [4.69, 9.17) is 11.6 Å². The molecule has 0 aliphatic heterocycles. The first-order valence-electron chi connectivity index (χ1n) is 9.94. The highest BCUT2D eigenvalue weighted by Gasteiger charge is 2.20. The molecule has 12 heteroatoms. The van der Waals surface area contributed by atoms with Gasteiger partial charge in [0.05, 0.1) is 18.0 Å². The van der Waals surface area contributed by atoms with Crippen LogP contribution >= 0.6 is 23.4 Å². The quantitative estimate of drug-likeness (QED) is 0.407. The molecule has 0 radical (unpaired) electrons. The second-order valence-corrected chi connectivity index (χ2v) is 8.82. The third kappa shape index (κ3) is 4.62. The number of anilines is 1. The van der Waals surface area contributed by atoms with Crippen molar-refractivity contribution in [1.29, 1.82) is 0 Å². The Balaban J connectivity index is 1.69. The zero-order valence-corrected chi connectivity index (χ0v) is 19.6. The summed E-state index contributed by atoms with van der Waals surface area (Å²) in [4.78, 5) is 42.2. The third-order valence-corrected chi connectivity index (χ3v) is 6.33. The molecule has 0 aliphatic carbocycles. The maximum Gasteiger partial charge on any atom is 0.332 e. The number of carbonyl (C=O) groups excluding carboxylic acids is 1. The molecule has 0 unspecified atom stereocenters. The van der Waals surface area contributed by atoms with Crippen LogP contribution in [-0.4, -0.2) is 30.3 Å². The van der Waals surface area contributed by atoms with E-state index in [2.05, 4.69) is 10.3 Å². The Morgan fingerprint density at radius 2 is 1.79 bits per heavy atom. The molecule has 0 aliphatic rings. The fourth-order valence-corrected chi connectivity index (χ4v) is 4.28. The van der Waals surface area contributed by atoms with E-state index >= 15 is 0 Å². The number of nitrogens with zero attached hydrogens (tertiary/aromatic N) is 4. The Kier molecular flexibility index (Phi) is 6.58. The summed E-state index contributed by atoms with van der Waals surface area (Å²) in [5.41, 5.74) is -0.0159. The number of aryl methyl sites for hydroxylation is 1. The van der Waals surface area contributed by atoms with Crippen LogP contribution in [-0.2, 0) is 25.4 Å². The van der Waals surface area contributed by atoms with E-state index in [1.807, 2.05) is 0 Å². The van der Waals surface area contributed by atoms with Crippen LogP contribution in [0.1, 0.15) is 5.56 Å². The number of rotatable bonds is 6. The lowest BCUT2D eigenvalue weighted by atomic mass is 10.2. The summed E-state index contributed by atoms with van der Waals surface area (Å²) >= 11 is 6.98. The minimum atomic E-state index is -0.896. The van der Waals surface area contributed by atoms with Crippen molar-refractivity contribution in [3.05, 3.63) is 85.5 Å². The maximum atomic E-state index is 13.9. The van der Waals surface area contributed by atoms with Crippen molar-refractivity contribution in [2.24, 2.45) is 14.1 Å². The zero-order valence-electron chi connectivity index (χ0n) is 18.0. The van der Waals surface area contributed by atoms with Crippen LogP contribution in [0.4, 0.5) is 14.5 Å². The normalized spacial score (nSPS) is 11.2. The van der Waals surface area contributed by atoms with Crippen LogP contribution in [0.2, 0.25) is 5.02 Å². The fraction of sp³-hybridized carbons (Fsp3) is 0.182. The van der Waals surface area contributed by atoms with Gasteiger partial charge in [-0.1, -0.05) is 35.5 Å². The molecular formula is C22H18ClF2N5O3S. The topological polar surface area (TPSA) is 90.9 Å². The van der Waals surface area contributed by atoms with E-state index in [9.17, 15) is 23.2 Å². The predicted molar refractivity (Wildman–Crippen MR) is 126 cm³/mol. The molecule has 4 aromatic rings. The van der Waals surface area contributed by atoms with Crippen molar-refractivity contribution in [3.8, 4) is 0 Å². The largest absolute Gasteiger partial charge is 0.332 e. The number of aromatic nitrogens is 4. The first-order valence-corrected chi connectivity index (χ1v) is 11.3. The van der Waals surface area contributed by atoms with Crippen LogP contribution in [0.5, 0.6) is 0 Å².